The van der Waals surface area contributed by atoms with E-state index in [0.29, 0.717) is 6.54 Å². The van der Waals surface area contributed by atoms with Crippen LogP contribution in [0.5, 0.6) is 0 Å². The largest absolute Gasteiger partial charge is 0.393 e. The van der Waals surface area contributed by atoms with Crippen molar-refractivity contribution in [2.24, 2.45) is 0 Å². The molecule has 3 N–H and O–H groups in total. The molecule has 4 rings (SSSR count). The number of anilines is 1. The molecule has 0 bridgehead atoms. The second-order valence-electron chi connectivity index (χ2n) is 6.48. The van der Waals surface area contributed by atoms with Gasteiger partial charge < -0.3 is 10.4 Å². The molecule has 0 spiro atoms. The van der Waals surface area contributed by atoms with Crippen LogP contribution >= 0.6 is 0 Å². The first kappa shape index (κ1) is 16.0. The predicted molar refractivity (Wildman–Crippen MR) is 96.0 cm³/mol. The number of aromatic amines is 1. The number of piperidine rings is 1. The molecule has 2 aromatic heterocycles. The van der Waals surface area contributed by atoms with E-state index in [1.54, 1.807) is 6.20 Å². The Kier molecular flexibility index (Phi) is 4.58. The number of fused-ring (bicyclic) bond motifs is 1. The third kappa shape index (κ3) is 3.62. The zero-order valence-electron chi connectivity index (χ0n) is 14.0. The summed E-state index contributed by atoms with van der Waals surface area (Å²) in [6.07, 6.45) is 4.86. The third-order valence-electron chi connectivity index (χ3n) is 4.76. The van der Waals surface area contributed by atoms with E-state index in [-0.39, 0.29) is 6.10 Å². The topological polar surface area (TPSA) is 90.0 Å². The molecule has 7 heteroatoms. The summed E-state index contributed by atoms with van der Waals surface area (Å²) in [7, 11) is 0. The van der Waals surface area contributed by atoms with Gasteiger partial charge in [-0.15, -0.1) is 0 Å². The third-order valence-corrected chi connectivity index (χ3v) is 4.76. The fourth-order valence-electron chi connectivity index (χ4n) is 3.29. The lowest BCUT2D eigenvalue weighted by Crippen LogP contribution is -2.35. The smallest absolute Gasteiger partial charge is 0.160 e. The van der Waals surface area contributed by atoms with E-state index in [4.69, 9.17) is 0 Å². The lowest BCUT2D eigenvalue weighted by atomic mass is 10.0. The molecule has 1 aromatic carbocycles. The van der Waals surface area contributed by atoms with Crippen LogP contribution in [0.15, 0.2) is 36.8 Å². The number of H-pyrrole nitrogens is 1. The number of rotatable bonds is 5. The molecule has 1 aliphatic rings. The van der Waals surface area contributed by atoms with Crippen molar-refractivity contribution in [3.8, 4) is 0 Å². The van der Waals surface area contributed by atoms with Crippen LogP contribution in [0.25, 0.3) is 11.0 Å². The molecule has 1 fully saturated rings. The normalized spacial score (nSPS) is 16.4. The van der Waals surface area contributed by atoms with Crippen LogP contribution in [0.3, 0.4) is 0 Å². The average Bonchev–Trinajstić information content (AvgIpc) is 3.12. The van der Waals surface area contributed by atoms with Crippen molar-refractivity contribution >= 4 is 16.9 Å². The second kappa shape index (κ2) is 7.16. The van der Waals surface area contributed by atoms with Crippen molar-refractivity contribution in [3.63, 3.8) is 0 Å². The summed E-state index contributed by atoms with van der Waals surface area (Å²) in [5.74, 6) is 0.787. The number of aliphatic hydroxyl groups excluding tert-OH is 1. The zero-order chi connectivity index (χ0) is 17.1. The van der Waals surface area contributed by atoms with Gasteiger partial charge in [-0.3, -0.25) is 10.00 Å². The fraction of sp³-hybridized carbons (Fsp3) is 0.389. The molecular formula is C18H22N6O. The van der Waals surface area contributed by atoms with Gasteiger partial charge in [0.05, 0.1) is 17.7 Å². The van der Waals surface area contributed by atoms with Crippen LogP contribution < -0.4 is 5.32 Å². The van der Waals surface area contributed by atoms with E-state index in [1.807, 2.05) is 0 Å². The summed E-state index contributed by atoms with van der Waals surface area (Å²) in [4.78, 5) is 10.9. The monoisotopic (exact) mass is 338 g/mol. The van der Waals surface area contributed by atoms with E-state index in [0.717, 1.165) is 49.3 Å². The Morgan fingerprint density at radius 2 is 1.96 bits per heavy atom. The molecule has 25 heavy (non-hydrogen) atoms. The van der Waals surface area contributed by atoms with Crippen LogP contribution in [0, 0.1) is 0 Å². The molecule has 0 radical (unpaired) electrons. The molecule has 0 saturated carbocycles. The van der Waals surface area contributed by atoms with Gasteiger partial charge in [-0.25, -0.2) is 9.97 Å². The molecule has 7 nitrogen and oxygen atoms in total. The number of nitrogens with zero attached hydrogens (tertiary/aromatic N) is 4. The number of nitrogens with one attached hydrogen (secondary N) is 2. The van der Waals surface area contributed by atoms with Crippen molar-refractivity contribution in [3.05, 3.63) is 47.9 Å². The molecule has 0 aliphatic carbocycles. The van der Waals surface area contributed by atoms with Crippen molar-refractivity contribution in [2.45, 2.75) is 32.0 Å². The Morgan fingerprint density at radius 3 is 2.80 bits per heavy atom. The quantitative estimate of drug-likeness (QED) is 0.658. The zero-order valence-corrected chi connectivity index (χ0v) is 14.0. The number of hydrogen-bond acceptors (Lipinski definition) is 6. The number of benzene rings is 1. The summed E-state index contributed by atoms with van der Waals surface area (Å²) in [5.41, 5.74) is 3.30. The molecule has 130 valence electrons. The molecule has 0 unspecified atom stereocenters. The molecule has 1 saturated heterocycles. The fourth-order valence-corrected chi connectivity index (χ4v) is 3.29. The van der Waals surface area contributed by atoms with E-state index >= 15 is 0 Å². The first-order valence-corrected chi connectivity index (χ1v) is 8.65. The van der Waals surface area contributed by atoms with Crippen molar-refractivity contribution < 1.29 is 5.11 Å². The van der Waals surface area contributed by atoms with Gasteiger partial charge in [0.2, 0.25) is 0 Å². The van der Waals surface area contributed by atoms with E-state index in [1.165, 1.54) is 17.5 Å². The van der Waals surface area contributed by atoms with Crippen molar-refractivity contribution in [1.29, 1.82) is 0 Å². The molecule has 3 aromatic rings. The molecule has 1 aliphatic heterocycles. The van der Waals surface area contributed by atoms with Crippen LogP contribution in [-0.4, -0.2) is 49.4 Å². The maximum atomic E-state index is 9.67. The van der Waals surface area contributed by atoms with Gasteiger partial charge in [0, 0.05) is 26.2 Å². The molecule has 0 amide bonds. The SMILES string of the molecule is OC1CCN(Cc2ccccc2CNc2ncnc3[nH]ncc23)CC1. The lowest BCUT2D eigenvalue weighted by Gasteiger charge is -2.30. The van der Waals surface area contributed by atoms with Crippen molar-refractivity contribution in [1.82, 2.24) is 25.1 Å². The number of hydrogen-bond donors (Lipinski definition) is 3. The van der Waals surface area contributed by atoms with E-state index in [2.05, 4.69) is 54.6 Å². The van der Waals surface area contributed by atoms with Gasteiger partial charge >= 0.3 is 0 Å². The highest BCUT2D eigenvalue weighted by molar-refractivity contribution is 5.85. The van der Waals surface area contributed by atoms with E-state index < -0.39 is 0 Å². The number of aliphatic hydroxyl groups is 1. The van der Waals surface area contributed by atoms with Gasteiger partial charge in [-0.1, -0.05) is 24.3 Å². The van der Waals surface area contributed by atoms with Gasteiger partial charge in [0.25, 0.3) is 0 Å². The minimum atomic E-state index is -0.136. The summed E-state index contributed by atoms with van der Waals surface area (Å²) >= 11 is 0. The van der Waals surface area contributed by atoms with Crippen LogP contribution in [0.4, 0.5) is 5.82 Å². The second-order valence-corrected chi connectivity index (χ2v) is 6.48. The highest BCUT2D eigenvalue weighted by Gasteiger charge is 2.17. The lowest BCUT2D eigenvalue weighted by molar-refractivity contribution is 0.0791. The predicted octanol–water partition coefficient (Wildman–Crippen LogP) is 1.92. The van der Waals surface area contributed by atoms with Gasteiger partial charge in [-0.2, -0.15) is 5.10 Å². The average molecular weight is 338 g/mol. The minimum absolute atomic E-state index is 0.136. The maximum Gasteiger partial charge on any atom is 0.160 e. The van der Waals surface area contributed by atoms with Crippen LogP contribution in [0.2, 0.25) is 0 Å². The summed E-state index contributed by atoms with van der Waals surface area (Å²) in [6.45, 7) is 3.51. The molecule has 0 atom stereocenters. The van der Waals surface area contributed by atoms with Gasteiger partial charge in [0.1, 0.15) is 12.1 Å². The van der Waals surface area contributed by atoms with Crippen LogP contribution in [0.1, 0.15) is 24.0 Å². The minimum Gasteiger partial charge on any atom is -0.393 e. The first-order chi connectivity index (χ1) is 12.3. The summed E-state index contributed by atoms with van der Waals surface area (Å²) in [5, 5.41) is 20.9. The van der Waals surface area contributed by atoms with E-state index in [9.17, 15) is 5.11 Å². The highest BCUT2D eigenvalue weighted by Crippen LogP contribution is 2.20. The van der Waals surface area contributed by atoms with Crippen LogP contribution in [-0.2, 0) is 13.1 Å². The van der Waals surface area contributed by atoms with Gasteiger partial charge in [0.15, 0.2) is 5.65 Å². The Balaban J connectivity index is 1.46. The number of likely N-dealkylation sites (tertiary alicyclic amines) is 1. The summed E-state index contributed by atoms with van der Waals surface area (Å²) < 4.78 is 0. The molecule has 3 heterocycles. The number of aromatic nitrogens is 4. The summed E-state index contributed by atoms with van der Waals surface area (Å²) in [6, 6.07) is 8.47. The Hall–Kier alpha value is -2.51. The highest BCUT2D eigenvalue weighted by atomic mass is 16.3. The Bertz CT molecular complexity index is 840. The maximum absolute atomic E-state index is 9.67. The molecular weight excluding hydrogens is 316 g/mol. The Morgan fingerprint density at radius 1 is 1.16 bits per heavy atom. The standard InChI is InChI=1S/C18H22N6O/c25-15-5-7-24(8-6-15)11-14-4-2-1-3-13(14)9-19-17-16-10-22-23-18(16)21-12-20-17/h1-4,10,12,15,25H,5-9,11H2,(H2,19,20,21,22,23). The van der Waals surface area contributed by atoms with Gasteiger partial charge in [-0.05, 0) is 24.0 Å². The first-order valence-electron chi connectivity index (χ1n) is 8.65. The van der Waals surface area contributed by atoms with Crippen molar-refractivity contribution in [2.75, 3.05) is 18.4 Å². The Labute approximate surface area is 146 Å².